The predicted octanol–water partition coefficient (Wildman–Crippen LogP) is 5.65. The maximum absolute atomic E-state index is 12.6. The summed E-state index contributed by atoms with van der Waals surface area (Å²) in [6.07, 6.45) is 1.69. The van der Waals surface area contributed by atoms with Crippen molar-refractivity contribution in [2.75, 3.05) is 11.1 Å². The van der Waals surface area contributed by atoms with Gasteiger partial charge < -0.3 is 15.2 Å². The molecular weight excluding hydrogens is 505 g/mol. The van der Waals surface area contributed by atoms with Gasteiger partial charge in [0.25, 0.3) is 5.91 Å². The molecule has 3 aromatic rings. The second kappa shape index (κ2) is 11.6. The van der Waals surface area contributed by atoms with E-state index in [4.69, 9.17) is 34.8 Å². The van der Waals surface area contributed by atoms with Crippen LogP contribution >= 0.6 is 46.6 Å². The van der Waals surface area contributed by atoms with Crippen LogP contribution in [0.5, 0.6) is 0 Å². The Hall–Kier alpha value is -2.52. The molecule has 0 saturated carbocycles. The van der Waals surface area contributed by atoms with E-state index in [9.17, 15) is 9.59 Å². The average Bonchev–Trinajstić information content (AvgIpc) is 3.18. The lowest BCUT2D eigenvalue weighted by Crippen LogP contribution is -2.28. The van der Waals surface area contributed by atoms with Gasteiger partial charge in [-0.2, -0.15) is 0 Å². The lowest BCUT2D eigenvalue weighted by Gasteiger charge is -2.15. The van der Waals surface area contributed by atoms with Crippen LogP contribution in [0.15, 0.2) is 60.3 Å². The van der Waals surface area contributed by atoms with Gasteiger partial charge in [-0.05, 0) is 37.3 Å². The zero-order valence-electron chi connectivity index (χ0n) is 17.5. The number of thioether (sulfide) groups is 1. The first-order chi connectivity index (χ1) is 15.8. The maximum Gasteiger partial charge on any atom is 0.251 e. The fraction of sp³-hybridized carbons (Fsp3) is 0.182. The highest BCUT2D eigenvalue weighted by molar-refractivity contribution is 7.99. The Morgan fingerprint density at radius 1 is 1.18 bits per heavy atom. The molecule has 33 heavy (non-hydrogen) atoms. The first kappa shape index (κ1) is 25.1. The van der Waals surface area contributed by atoms with Crippen LogP contribution in [-0.4, -0.2) is 32.3 Å². The van der Waals surface area contributed by atoms with Crippen molar-refractivity contribution in [3.63, 3.8) is 0 Å². The maximum atomic E-state index is 12.6. The zero-order valence-corrected chi connectivity index (χ0v) is 20.6. The molecule has 1 atom stereocenters. The first-order valence-electron chi connectivity index (χ1n) is 9.77. The largest absolute Gasteiger partial charge is 0.342 e. The third kappa shape index (κ3) is 6.51. The fourth-order valence-corrected chi connectivity index (χ4v) is 4.21. The second-order valence-electron chi connectivity index (χ2n) is 6.88. The number of carbonyl (C=O) groups excluding carboxylic acids is 2. The molecule has 0 aliphatic heterocycles. The molecule has 0 aliphatic rings. The van der Waals surface area contributed by atoms with Crippen LogP contribution in [0.3, 0.4) is 0 Å². The lowest BCUT2D eigenvalue weighted by molar-refractivity contribution is -0.113. The number of carbonyl (C=O) groups is 2. The van der Waals surface area contributed by atoms with Gasteiger partial charge in [0, 0.05) is 17.1 Å². The fourth-order valence-electron chi connectivity index (χ4n) is 2.92. The summed E-state index contributed by atoms with van der Waals surface area (Å²) in [6.45, 7) is 5.98. The van der Waals surface area contributed by atoms with Gasteiger partial charge in [-0.3, -0.25) is 9.59 Å². The van der Waals surface area contributed by atoms with Crippen molar-refractivity contribution in [3.05, 3.63) is 81.6 Å². The number of amides is 2. The van der Waals surface area contributed by atoms with Crippen LogP contribution in [0.25, 0.3) is 0 Å². The summed E-state index contributed by atoms with van der Waals surface area (Å²) < 4.78 is 1.79. The van der Waals surface area contributed by atoms with Crippen LogP contribution < -0.4 is 10.6 Å². The summed E-state index contributed by atoms with van der Waals surface area (Å²) in [5.41, 5.74) is 0.871. The highest BCUT2D eigenvalue weighted by Crippen LogP contribution is 2.30. The van der Waals surface area contributed by atoms with Crippen LogP contribution in [-0.2, 0) is 11.3 Å². The van der Waals surface area contributed by atoms with E-state index in [0.717, 1.165) is 0 Å². The molecule has 2 N–H and O–H groups in total. The second-order valence-corrected chi connectivity index (χ2v) is 9.05. The van der Waals surface area contributed by atoms with Crippen molar-refractivity contribution in [2.45, 2.75) is 24.7 Å². The molecule has 1 unspecified atom stereocenters. The lowest BCUT2D eigenvalue weighted by atomic mass is 10.2. The molecule has 1 aromatic heterocycles. The molecule has 0 fully saturated rings. The number of anilines is 1. The van der Waals surface area contributed by atoms with Crippen molar-refractivity contribution in [2.24, 2.45) is 0 Å². The van der Waals surface area contributed by atoms with Crippen molar-refractivity contribution < 1.29 is 9.59 Å². The van der Waals surface area contributed by atoms with E-state index in [1.165, 1.54) is 11.8 Å². The highest BCUT2D eigenvalue weighted by Gasteiger charge is 2.21. The molecule has 0 saturated heterocycles. The first-order valence-corrected chi connectivity index (χ1v) is 11.9. The van der Waals surface area contributed by atoms with Gasteiger partial charge in [0.1, 0.15) is 0 Å². The topological polar surface area (TPSA) is 88.9 Å². The van der Waals surface area contributed by atoms with E-state index < -0.39 is 6.04 Å². The Labute approximate surface area is 210 Å². The Morgan fingerprint density at radius 3 is 2.67 bits per heavy atom. The number of benzene rings is 2. The number of allylic oxidation sites excluding steroid dienone is 1. The molecule has 1 heterocycles. The van der Waals surface area contributed by atoms with Crippen LogP contribution in [0.2, 0.25) is 15.1 Å². The Morgan fingerprint density at radius 2 is 1.94 bits per heavy atom. The Kier molecular flexibility index (Phi) is 8.80. The standard InChI is InChI=1S/C22H20Cl3N5O2S/c1-3-10-30-20(13(2)26-21(32)14-6-4-7-15(23)11-14)28-29-22(30)33-12-18(31)27-17-9-5-8-16(24)19(17)25/h3-9,11,13H,1,10,12H2,2H3,(H,26,32)(H,27,31). The summed E-state index contributed by atoms with van der Waals surface area (Å²) in [7, 11) is 0. The van der Waals surface area contributed by atoms with E-state index in [0.29, 0.717) is 38.8 Å². The van der Waals surface area contributed by atoms with Gasteiger partial charge in [0.15, 0.2) is 11.0 Å². The zero-order chi connectivity index (χ0) is 24.0. The van der Waals surface area contributed by atoms with Gasteiger partial charge in [-0.25, -0.2) is 0 Å². The molecule has 3 rings (SSSR count). The minimum absolute atomic E-state index is 0.0708. The SMILES string of the molecule is C=CCn1c(SCC(=O)Nc2cccc(Cl)c2Cl)nnc1C(C)NC(=O)c1cccc(Cl)c1. The number of hydrogen-bond donors (Lipinski definition) is 2. The van der Waals surface area contributed by atoms with Crippen molar-refractivity contribution >= 4 is 64.1 Å². The van der Waals surface area contributed by atoms with Crippen LogP contribution in [0.1, 0.15) is 29.1 Å². The summed E-state index contributed by atoms with van der Waals surface area (Å²) in [5, 5.41) is 15.6. The molecule has 0 aliphatic carbocycles. The minimum atomic E-state index is -0.447. The molecule has 2 aromatic carbocycles. The van der Waals surface area contributed by atoms with Crippen LogP contribution in [0, 0.1) is 0 Å². The van der Waals surface area contributed by atoms with Crippen molar-refractivity contribution in [1.29, 1.82) is 0 Å². The predicted molar refractivity (Wildman–Crippen MR) is 133 cm³/mol. The number of nitrogens with zero attached hydrogens (tertiary/aromatic N) is 3. The number of halogens is 3. The summed E-state index contributed by atoms with van der Waals surface area (Å²) in [5.74, 6) is 0.0406. The van der Waals surface area contributed by atoms with Gasteiger partial charge in [-0.1, -0.05) is 64.8 Å². The van der Waals surface area contributed by atoms with Gasteiger partial charge in [0.05, 0.1) is 27.5 Å². The molecule has 172 valence electrons. The van der Waals surface area contributed by atoms with Gasteiger partial charge in [0.2, 0.25) is 5.91 Å². The van der Waals surface area contributed by atoms with Crippen LogP contribution in [0.4, 0.5) is 5.69 Å². The third-order valence-corrected chi connectivity index (χ3v) is 6.46. The molecule has 7 nitrogen and oxygen atoms in total. The summed E-state index contributed by atoms with van der Waals surface area (Å²) in [6, 6.07) is 11.2. The van der Waals surface area contributed by atoms with Gasteiger partial charge >= 0.3 is 0 Å². The number of hydrogen-bond acceptors (Lipinski definition) is 5. The quantitative estimate of drug-likeness (QED) is 0.279. The third-order valence-electron chi connectivity index (χ3n) is 4.44. The van der Waals surface area contributed by atoms with Gasteiger partial charge in [-0.15, -0.1) is 16.8 Å². The number of aromatic nitrogens is 3. The van der Waals surface area contributed by atoms with Crippen molar-refractivity contribution in [3.8, 4) is 0 Å². The Bertz CT molecular complexity index is 1180. The number of rotatable bonds is 9. The van der Waals surface area contributed by atoms with E-state index >= 15 is 0 Å². The normalized spacial score (nSPS) is 11.6. The molecule has 0 bridgehead atoms. The van der Waals surface area contributed by atoms with E-state index in [1.807, 2.05) is 0 Å². The Balaban J connectivity index is 1.68. The molecule has 11 heteroatoms. The smallest absolute Gasteiger partial charge is 0.251 e. The minimum Gasteiger partial charge on any atom is -0.342 e. The molecule has 0 radical (unpaired) electrons. The van der Waals surface area contributed by atoms with E-state index in [-0.39, 0.29) is 22.6 Å². The molecule has 0 spiro atoms. The summed E-state index contributed by atoms with van der Waals surface area (Å²) in [4.78, 5) is 25.0. The molecular formula is C22H20Cl3N5O2S. The van der Waals surface area contributed by atoms with E-state index in [1.54, 1.807) is 60.0 Å². The highest BCUT2D eigenvalue weighted by atomic mass is 35.5. The average molecular weight is 525 g/mol. The van der Waals surface area contributed by atoms with Crippen molar-refractivity contribution in [1.82, 2.24) is 20.1 Å². The summed E-state index contributed by atoms with van der Waals surface area (Å²) >= 11 is 19.3. The van der Waals surface area contributed by atoms with E-state index in [2.05, 4.69) is 27.4 Å². The number of nitrogens with one attached hydrogen (secondary N) is 2. The molecule has 2 amide bonds. The monoisotopic (exact) mass is 523 g/mol.